The second-order valence-corrected chi connectivity index (χ2v) is 6.70. The predicted octanol–water partition coefficient (Wildman–Crippen LogP) is 3.04. The number of nitrogens with one attached hydrogen (secondary N) is 1. The quantitative estimate of drug-likeness (QED) is 0.795. The summed E-state index contributed by atoms with van der Waals surface area (Å²) in [4.78, 5) is 11.7. The van der Waals surface area contributed by atoms with E-state index in [0.717, 1.165) is 25.7 Å². The highest BCUT2D eigenvalue weighted by Gasteiger charge is 2.48. The van der Waals surface area contributed by atoms with Crippen LogP contribution in [-0.2, 0) is 4.79 Å². The summed E-state index contributed by atoms with van der Waals surface area (Å²) < 4.78 is 0. The highest BCUT2D eigenvalue weighted by molar-refractivity contribution is 5.79. The zero-order valence-corrected chi connectivity index (χ0v) is 11.8. The first-order valence-electron chi connectivity index (χ1n) is 6.72. The molecule has 0 amide bonds. The number of carboxylic acid groups (broad SMARTS) is 1. The molecule has 0 heterocycles. The molecule has 3 nitrogen and oxygen atoms in total. The van der Waals surface area contributed by atoms with Gasteiger partial charge in [-0.25, -0.2) is 0 Å². The van der Waals surface area contributed by atoms with Crippen molar-refractivity contribution in [3.05, 3.63) is 0 Å². The van der Waals surface area contributed by atoms with Crippen molar-refractivity contribution in [1.29, 1.82) is 0 Å². The molecule has 0 aromatic heterocycles. The molecular formula is C14H27NO2. The van der Waals surface area contributed by atoms with E-state index in [1.807, 2.05) is 0 Å². The summed E-state index contributed by atoms with van der Waals surface area (Å²) >= 11 is 0. The predicted molar refractivity (Wildman–Crippen MR) is 70.1 cm³/mol. The molecule has 0 aromatic carbocycles. The number of carboxylic acids is 1. The molecule has 1 rings (SSSR count). The van der Waals surface area contributed by atoms with Gasteiger partial charge in [0.15, 0.2) is 0 Å². The highest BCUT2D eigenvalue weighted by Crippen LogP contribution is 2.44. The second kappa shape index (κ2) is 4.97. The second-order valence-electron chi connectivity index (χ2n) is 6.70. The third-order valence-electron chi connectivity index (χ3n) is 3.92. The van der Waals surface area contributed by atoms with Gasteiger partial charge in [-0.2, -0.15) is 0 Å². The molecule has 3 unspecified atom stereocenters. The Hall–Kier alpha value is -0.570. The summed E-state index contributed by atoms with van der Waals surface area (Å²) in [5.41, 5.74) is -0.618. The van der Waals surface area contributed by atoms with E-state index >= 15 is 0 Å². The Morgan fingerprint density at radius 2 is 2.06 bits per heavy atom. The molecule has 1 aliphatic carbocycles. The molecule has 1 aliphatic rings. The zero-order valence-electron chi connectivity index (χ0n) is 11.8. The molecule has 0 bridgehead atoms. The van der Waals surface area contributed by atoms with E-state index in [0.29, 0.717) is 5.92 Å². The first-order valence-corrected chi connectivity index (χ1v) is 6.72. The van der Waals surface area contributed by atoms with Crippen molar-refractivity contribution in [1.82, 2.24) is 5.32 Å². The first kappa shape index (κ1) is 14.5. The van der Waals surface area contributed by atoms with Gasteiger partial charge in [-0.1, -0.05) is 27.7 Å². The van der Waals surface area contributed by atoms with E-state index in [9.17, 15) is 9.90 Å². The third-order valence-corrected chi connectivity index (χ3v) is 3.92. The van der Waals surface area contributed by atoms with Crippen LogP contribution in [0.5, 0.6) is 0 Å². The summed E-state index contributed by atoms with van der Waals surface area (Å²) in [5, 5.41) is 13.0. The van der Waals surface area contributed by atoms with Crippen LogP contribution in [0.2, 0.25) is 0 Å². The van der Waals surface area contributed by atoms with Gasteiger partial charge in [0.25, 0.3) is 0 Å². The summed E-state index contributed by atoms with van der Waals surface area (Å²) in [6.07, 6.45) is 3.55. The van der Waals surface area contributed by atoms with Crippen molar-refractivity contribution in [3.63, 3.8) is 0 Å². The average Bonchev–Trinajstić information content (AvgIpc) is 2.13. The summed E-state index contributed by atoms with van der Waals surface area (Å²) in [6, 6.07) is 0.257. The molecule has 0 saturated heterocycles. The number of aliphatic carboxylic acids is 1. The Balaban J connectivity index is 2.94. The van der Waals surface area contributed by atoms with Crippen LogP contribution in [0.15, 0.2) is 0 Å². The van der Waals surface area contributed by atoms with Crippen molar-refractivity contribution in [3.8, 4) is 0 Å². The molecule has 1 fully saturated rings. The Morgan fingerprint density at radius 1 is 1.47 bits per heavy atom. The normalized spacial score (nSPS) is 34.3. The van der Waals surface area contributed by atoms with E-state index < -0.39 is 11.5 Å². The van der Waals surface area contributed by atoms with Gasteiger partial charge in [0.2, 0.25) is 0 Å². The summed E-state index contributed by atoms with van der Waals surface area (Å²) in [6.45, 7) is 10.7. The Bertz CT molecular complexity index is 288. The monoisotopic (exact) mass is 241 g/mol. The van der Waals surface area contributed by atoms with Crippen LogP contribution < -0.4 is 5.32 Å². The zero-order chi connectivity index (χ0) is 13.3. The van der Waals surface area contributed by atoms with Crippen LogP contribution in [0.1, 0.15) is 60.3 Å². The van der Waals surface area contributed by atoms with E-state index in [2.05, 4.69) is 39.9 Å². The molecule has 3 heteroatoms. The molecule has 0 radical (unpaired) electrons. The smallest absolute Gasteiger partial charge is 0.323 e. The van der Waals surface area contributed by atoms with Gasteiger partial charge in [-0.15, -0.1) is 0 Å². The number of hydrogen-bond acceptors (Lipinski definition) is 2. The van der Waals surface area contributed by atoms with Crippen molar-refractivity contribution < 1.29 is 9.90 Å². The number of hydrogen-bond donors (Lipinski definition) is 2. The Morgan fingerprint density at radius 3 is 2.47 bits per heavy atom. The molecule has 17 heavy (non-hydrogen) atoms. The van der Waals surface area contributed by atoms with E-state index in [-0.39, 0.29) is 11.5 Å². The van der Waals surface area contributed by atoms with Crippen LogP contribution in [0.25, 0.3) is 0 Å². The Kier molecular flexibility index (Phi) is 4.23. The molecule has 0 aromatic rings. The highest BCUT2D eigenvalue weighted by atomic mass is 16.4. The maximum Gasteiger partial charge on any atom is 0.323 e. The van der Waals surface area contributed by atoms with Crippen molar-refractivity contribution in [2.75, 3.05) is 0 Å². The minimum absolute atomic E-state index is 0.108. The fraction of sp³-hybridized carbons (Fsp3) is 0.929. The lowest BCUT2D eigenvalue weighted by Gasteiger charge is -2.46. The van der Waals surface area contributed by atoms with Gasteiger partial charge in [-0.05, 0) is 43.9 Å². The molecular weight excluding hydrogens is 214 g/mol. The van der Waals surface area contributed by atoms with Crippen LogP contribution in [-0.4, -0.2) is 22.7 Å². The summed E-state index contributed by atoms with van der Waals surface area (Å²) in [7, 11) is 0. The SMILES string of the molecule is CCC(C)NC1(C(=O)O)CC(C)CC(C)(C)C1. The molecule has 0 spiro atoms. The molecule has 3 atom stereocenters. The molecule has 1 saturated carbocycles. The van der Waals surface area contributed by atoms with E-state index in [4.69, 9.17) is 0 Å². The van der Waals surface area contributed by atoms with Gasteiger partial charge in [0, 0.05) is 6.04 Å². The number of carbonyl (C=O) groups is 1. The van der Waals surface area contributed by atoms with Crippen LogP contribution >= 0.6 is 0 Å². The average molecular weight is 241 g/mol. The lowest BCUT2D eigenvalue weighted by molar-refractivity contribution is -0.150. The maximum absolute atomic E-state index is 11.7. The van der Waals surface area contributed by atoms with Gasteiger partial charge >= 0.3 is 5.97 Å². The topological polar surface area (TPSA) is 49.3 Å². The standard InChI is InChI=1S/C14H27NO2/c1-6-11(3)15-14(12(16)17)8-10(2)7-13(4,5)9-14/h10-11,15H,6-9H2,1-5H3,(H,16,17). The van der Waals surface area contributed by atoms with Crippen molar-refractivity contribution in [2.24, 2.45) is 11.3 Å². The fourth-order valence-electron chi connectivity index (χ4n) is 3.48. The van der Waals surface area contributed by atoms with E-state index in [1.54, 1.807) is 0 Å². The van der Waals surface area contributed by atoms with Gasteiger partial charge in [-0.3, -0.25) is 10.1 Å². The minimum Gasteiger partial charge on any atom is -0.480 e. The molecule has 0 aliphatic heterocycles. The van der Waals surface area contributed by atoms with Crippen LogP contribution in [0.3, 0.4) is 0 Å². The largest absolute Gasteiger partial charge is 0.480 e. The first-order chi connectivity index (χ1) is 7.71. The van der Waals surface area contributed by atoms with Gasteiger partial charge in [0.05, 0.1) is 0 Å². The lowest BCUT2D eigenvalue weighted by Crippen LogP contribution is -2.60. The lowest BCUT2D eigenvalue weighted by atomic mass is 9.64. The van der Waals surface area contributed by atoms with Crippen LogP contribution in [0, 0.1) is 11.3 Å². The summed E-state index contributed by atoms with van der Waals surface area (Å²) in [5.74, 6) is -0.219. The third kappa shape index (κ3) is 3.44. The minimum atomic E-state index is -0.726. The molecule has 2 N–H and O–H groups in total. The fourth-order valence-corrected chi connectivity index (χ4v) is 3.48. The van der Waals surface area contributed by atoms with Crippen molar-refractivity contribution >= 4 is 5.97 Å². The molecule has 100 valence electrons. The van der Waals surface area contributed by atoms with Crippen molar-refractivity contribution in [2.45, 2.75) is 71.9 Å². The van der Waals surface area contributed by atoms with Crippen LogP contribution in [0.4, 0.5) is 0 Å². The number of rotatable bonds is 4. The van der Waals surface area contributed by atoms with Gasteiger partial charge in [0.1, 0.15) is 5.54 Å². The van der Waals surface area contributed by atoms with Gasteiger partial charge < -0.3 is 5.11 Å². The Labute approximate surface area is 105 Å². The maximum atomic E-state index is 11.7. The van der Waals surface area contributed by atoms with E-state index in [1.165, 1.54) is 0 Å².